The molecule has 0 saturated heterocycles. The van der Waals surface area contributed by atoms with E-state index in [1.807, 2.05) is 19.1 Å². The molecule has 1 aliphatic carbocycles. The number of rotatable bonds is 5. The van der Waals surface area contributed by atoms with Crippen LogP contribution in [0.1, 0.15) is 24.1 Å². The number of sulfonamides is 1. The number of hydrogen-bond donors (Lipinski definition) is 1. The van der Waals surface area contributed by atoms with E-state index in [0.717, 1.165) is 18.4 Å². The lowest BCUT2D eigenvalue weighted by Gasteiger charge is -2.02. The van der Waals surface area contributed by atoms with E-state index in [4.69, 9.17) is 0 Å². The molecule has 8 heteroatoms. The highest BCUT2D eigenvalue weighted by Crippen LogP contribution is 2.27. The van der Waals surface area contributed by atoms with Gasteiger partial charge in [0.25, 0.3) is 0 Å². The van der Waals surface area contributed by atoms with Gasteiger partial charge in [0.15, 0.2) is 5.82 Å². The Bertz CT molecular complexity index is 704. The molecule has 0 aliphatic heterocycles. The van der Waals surface area contributed by atoms with Crippen molar-refractivity contribution in [2.45, 2.75) is 31.6 Å². The highest BCUT2D eigenvalue weighted by atomic mass is 32.2. The van der Waals surface area contributed by atoms with Gasteiger partial charge in [-0.05, 0) is 31.4 Å². The van der Waals surface area contributed by atoms with Gasteiger partial charge in [0.1, 0.15) is 0 Å². The molecular weight excluding hydrogens is 278 g/mol. The first-order valence-electron chi connectivity index (χ1n) is 6.37. The van der Waals surface area contributed by atoms with Crippen LogP contribution in [0, 0.1) is 6.92 Å². The first-order chi connectivity index (χ1) is 9.54. The molecule has 0 aromatic carbocycles. The Morgan fingerprint density at radius 1 is 1.40 bits per heavy atom. The van der Waals surface area contributed by atoms with Gasteiger partial charge in [0.05, 0.1) is 23.7 Å². The maximum atomic E-state index is 11.7. The van der Waals surface area contributed by atoms with Crippen molar-refractivity contribution in [3.63, 3.8) is 0 Å². The fraction of sp³-hybridized carbons (Fsp3) is 0.417. The van der Waals surface area contributed by atoms with E-state index in [2.05, 4.69) is 20.0 Å². The maximum Gasteiger partial charge on any atom is 0.214 e. The van der Waals surface area contributed by atoms with Crippen molar-refractivity contribution in [2.75, 3.05) is 0 Å². The summed E-state index contributed by atoms with van der Waals surface area (Å²) in [5, 5.41) is 7.66. The monoisotopic (exact) mass is 293 g/mol. The third-order valence-electron chi connectivity index (χ3n) is 3.09. The van der Waals surface area contributed by atoms with E-state index in [1.165, 1.54) is 4.68 Å². The predicted molar refractivity (Wildman–Crippen MR) is 72.7 cm³/mol. The van der Waals surface area contributed by atoms with Gasteiger partial charge in [0, 0.05) is 6.20 Å². The summed E-state index contributed by atoms with van der Waals surface area (Å²) in [5.74, 6) is 0.652. The molecule has 0 atom stereocenters. The molecule has 1 fully saturated rings. The summed E-state index contributed by atoms with van der Waals surface area (Å²) in [6.45, 7) is 2.11. The second-order valence-corrected chi connectivity index (χ2v) is 6.96. The molecule has 20 heavy (non-hydrogen) atoms. The van der Waals surface area contributed by atoms with E-state index in [9.17, 15) is 8.42 Å². The van der Waals surface area contributed by atoms with Crippen LogP contribution >= 0.6 is 0 Å². The minimum atomic E-state index is -3.19. The number of pyridine rings is 1. The Kier molecular flexibility index (Phi) is 3.27. The van der Waals surface area contributed by atoms with Crippen LogP contribution in [-0.2, 0) is 16.6 Å². The minimum absolute atomic E-state index is 0.157. The zero-order chi connectivity index (χ0) is 14.2. The summed E-state index contributed by atoms with van der Waals surface area (Å²) in [7, 11) is -3.19. The van der Waals surface area contributed by atoms with Crippen LogP contribution in [0.3, 0.4) is 0 Å². The summed E-state index contributed by atoms with van der Waals surface area (Å²) in [4.78, 5) is 4.23. The van der Waals surface area contributed by atoms with Crippen LogP contribution in [0.25, 0.3) is 5.82 Å². The second kappa shape index (κ2) is 4.95. The molecule has 3 rings (SSSR count). The molecule has 7 nitrogen and oxygen atoms in total. The fourth-order valence-corrected chi connectivity index (χ4v) is 3.10. The first-order valence-corrected chi connectivity index (χ1v) is 7.92. The Morgan fingerprint density at radius 2 is 2.20 bits per heavy atom. The summed E-state index contributed by atoms with van der Waals surface area (Å²) < 4.78 is 27.5. The molecule has 2 heterocycles. The van der Waals surface area contributed by atoms with Crippen LogP contribution in [-0.4, -0.2) is 33.6 Å². The van der Waals surface area contributed by atoms with Crippen LogP contribution in [0.5, 0.6) is 0 Å². The smallest absolute Gasteiger partial charge is 0.214 e. The van der Waals surface area contributed by atoms with Crippen molar-refractivity contribution in [2.24, 2.45) is 0 Å². The highest BCUT2D eigenvalue weighted by Gasteiger charge is 2.35. The summed E-state index contributed by atoms with van der Waals surface area (Å²) >= 11 is 0. The van der Waals surface area contributed by atoms with Crippen molar-refractivity contribution < 1.29 is 8.42 Å². The Balaban J connectivity index is 1.69. The standard InChI is InChI=1S/C12H15N5O2S/c1-9-2-5-12(13-6-9)17-8-10(15-16-17)7-14-20(18,19)11-3-4-11/h2,5-6,8,11,14H,3-4,7H2,1H3. The molecule has 2 aromatic rings. The Morgan fingerprint density at radius 3 is 2.85 bits per heavy atom. The minimum Gasteiger partial charge on any atom is -0.237 e. The Hall–Kier alpha value is -1.80. The maximum absolute atomic E-state index is 11.7. The van der Waals surface area contributed by atoms with Crippen LogP contribution < -0.4 is 4.72 Å². The lowest BCUT2D eigenvalue weighted by Crippen LogP contribution is -2.26. The molecule has 0 radical (unpaired) electrons. The summed E-state index contributed by atoms with van der Waals surface area (Å²) in [6, 6.07) is 3.77. The van der Waals surface area contributed by atoms with E-state index in [0.29, 0.717) is 11.5 Å². The van der Waals surface area contributed by atoms with Crippen molar-refractivity contribution in [1.82, 2.24) is 24.7 Å². The van der Waals surface area contributed by atoms with Crippen LogP contribution in [0.4, 0.5) is 0 Å². The van der Waals surface area contributed by atoms with Gasteiger partial charge in [-0.2, -0.15) is 0 Å². The lowest BCUT2D eigenvalue weighted by molar-refractivity contribution is 0.579. The van der Waals surface area contributed by atoms with Gasteiger partial charge in [-0.15, -0.1) is 5.10 Å². The normalized spacial score (nSPS) is 15.4. The molecule has 2 aromatic heterocycles. The summed E-state index contributed by atoms with van der Waals surface area (Å²) in [6.07, 6.45) is 4.91. The van der Waals surface area contributed by atoms with Crippen molar-refractivity contribution >= 4 is 10.0 Å². The van der Waals surface area contributed by atoms with Crippen molar-refractivity contribution in [3.05, 3.63) is 35.8 Å². The molecule has 0 unspecified atom stereocenters. The number of nitrogens with zero attached hydrogens (tertiary/aromatic N) is 4. The average Bonchev–Trinajstić information content (AvgIpc) is 3.18. The molecule has 106 valence electrons. The number of aromatic nitrogens is 4. The predicted octanol–water partition coefficient (Wildman–Crippen LogP) is 0.553. The molecule has 1 saturated carbocycles. The van der Waals surface area contributed by atoms with Gasteiger partial charge in [-0.3, -0.25) is 0 Å². The largest absolute Gasteiger partial charge is 0.237 e. The van der Waals surface area contributed by atoms with E-state index in [1.54, 1.807) is 12.4 Å². The number of hydrogen-bond acceptors (Lipinski definition) is 5. The van der Waals surface area contributed by atoms with Gasteiger partial charge in [-0.25, -0.2) is 22.8 Å². The quantitative estimate of drug-likeness (QED) is 0.869. The average molecular weight is 293 g/mol. The zero-order valence-corrected chi connectivity index (χ0v) is 11.8. The number of aryl methyl sites for hydroxylation is 1. The number of nitrogens with one attached hydrogen (secondary N) is 1. The Labute approximate surface area is 117 Å². The van der Waals surface area contributed by atoms with E-state index >= 15 is 0 Å². The van der Waals surface area contributed by atoms with Gasteiger partial charge in [-0.1, -0.05) is 11.3 Å². The van der Waals surface area contributed by atoms with E-state index in [-0.39, 0.29) is 11.8 Å². The highest BCUT2D eigenvalue weighted by molar-refractivity contribution is 7.90. The fourth-order valence-electron chi connectivity index (χ4n) is 1.76. The van der Waals surface area contributed by atoms with Gasteiger partial charge >= 0.3 is 0 Å². The molecular formula is C12H15N5O2S. The summed E-state index contributed by atoms with van der Waals surface area (Å²) in [5.41, 5.74) is 1.63. The second-order valence-electron chi connectivity index (χ2n) is 4.91. The van der Waals surface area contributed by atoms with Crippen LogP contribution in [0.2, 0.25) is 0 Å². The van der Waals surface area contributed by atoms with Crippen molar-refractivity contribution in [1.29, 1.82) is 0 Å². The van der Waals surface area contributed by atoms with E-state index < -0.39 is 10.0 Å². The van der Waals surface area contributed by atoms with Crippen LogP contribution in [0.15, 0.2) is 24.5 Å². The van der Waals surface area contributed by atoms with Gasteiger partial charge in [0.2, 0.25) is 10.0 Å². The molecule has 0 amide bonds. The third-order valence-corrected chi connectivity index (χ3v) is 4.98. The third kappa shape index (κ3) is 2.86. The molecule has 1 aliphatic rings. The molecule has 0 bridgehead atoms. The lowest BCUT2D eigenvalue weighted by atomic mass is 10.3. The molecule has 1 N–H and O–H groups in total. The zero-order valence-electron chi connectivity index (χ0n) is 11.0. The topological polar surface area (TPSA) is 89.8 Å². The first kappa shape index (κ1) is 13.2. The van der Waals surface area contributed by atoms with Gasteiger partial charge < -0.3 is 0 Å². The molecule has 0 spiro atoms. The van der Waals surface area contributed by atoms with Crippen molar-refractivity contribution in [3.8, 4) is 5.82 Å². The SMILES string of the molecule is Cc1ccc(-n2cc(CNS(=O)(=O)C3CC3)nn2)nc1.